The molecule has 0 aliphatic carbocycles. The third-order valence-electron chi connectivity index (χ3n) is 3.04. The first kappa shape index (κ1) is 12.9. The van der Waals surface area contributed by atoms with Crippen LogP contribution in [-0.4, -0.2) is 25.4 Å². The lowest BCUT2D eigenvalue weighted by Gasteiger charge is -2.06. The van der Waals surface area contributed by atoms with Crippen LogP contribution in [0.3, 0.4) is 0 Å². The van der Waals surface area contributed by atoms with Crippen molar-refractivity contribution in [1.29, 1.82) is 0 Å². The topological polar surface area (TPSA) is 99.5 Å². The van der Waals surface area contributed by atoms with Crippen LogP contribution in [0.15, 0.2) is 47.5 Å². The Hall–Kier alpha value is -3.09. The Bertz CT molecular complexity index is 852. The van der Waals surface area contributed by atoms with Gasteiger partial charge in [0.2, 0.25) is 11.5 Å². The number of aromatic amines is 1. The lowest BCUT2D eigenvalue weighted by atomic mass is 10.2. The molecule has 7 nitrogen and oxygen atoms in total. The van der Waals surface area contributed by atoms with Crippen LogP contribution in [0.4, 0.5) is 0 Å². The largest absolute Gasteiger partial charge is 0.501 e. The third kappa shape index (κ3) is 2.36. The summed E-state index contributed by atoms with van der Waals surface area (Å²) >= 11 is 0. The van der Waals surface area contributed by atoms with E-state index in [9.17, 15) is 14.7 Å². The normalized spacial score (nSPS) is 10.7. The van der Waals surface area contributed by atoms with E-state index in [2.05, 4.69) is 15.3 Å². The molecular formula is C14H12N4O3. The second-order valence-electron chi connectivity index (χ2n) is 4.44. The summed E-state index contributed by atoms with van der Waals surface area (Å²) in [4.78, 5) is 30.6. The molecule has 0 aliphatic rings. The fourth-order valence-electron chi connectivity index (χ4n) is 1.97. The van der Waals surface area contributed by atoms with Gasteiger partial charge in [-0.25, -0.2) is 9.38 Å². The Morgan fingerprint density at radius 2 is 2.10 bits per heavy atom. The Morgan fingerprint density at radius 3 is 2.86 bits per heavy atom. The maximum absolute atomic E-state index is 12.1. The molecule has 2 aromatic heterocycles. The van der Waals surface area contributed by atoms with Crippen molar-refractivity contribution in [2.24, 2.45) is 0 Å². The molecule has 0 atom stereocenters. The lowest BCUT2D eigenvalue weighted by molar-refractivity contribution is 0.0942. The molecule has 21 heavy (non-hydrogen) atoms. The molecule has 0 aliphatic heterocycles. The van der Waals surface area contributed by atoms with Crippen LogP contribution in [-0.2, 0) is 6.54 Å². The van der Waals surface area contributed by atoms with Crippen LogP contribution in [0.25, 0.3) is 5.78 Å². The van der Waals surface area contributed by atoms with Gasteiger partial charge in [-0.05, 0) is 5.56 Å². The molecule has 0 bridgehead atoms. The number of aromatic nitrogens is 3. The molecule has 3 aromatic rings. The number of carbonyl (C=O) groups is 1. The summed E-state index contributed by atoms with van der Waals surface area (Å²) in [6.45, 7) is 0.283. The van der Waals surface area contributed by atoms with Crippen molar-refractivity contribution in [1.82, 2.24) is 19.7 Å². The number of imidazole rings is 1. The highest BCUT2D eigenvalue weighted by molar-refractivity contribution is 5.95. The van der Waals surface area contributed by atoms with Gasteiger partial charge in [0.25, 0.3) is 5.91 Å². The number of amides is 1. The summed E-state index contributed by atoms with van der Waals surface area (Å²) in [5.41, 5.74) is -0.0764. The number of nitrogens with one attached hydrogen (secondary N) is 2. The van der Waals surface area contributed by atoms with Gasteiger partial charge in [0.1, 0.15) is 0 Å². The Balaban J connectivity index is 1.88. The van der Waals surface area contributed by atoms with Gasteiger partial charge in [-0.2, -0.15) is 0 Å². The van der Waals surface area contributed by atoms with Gasteiger partial charge < -0.3 is 15.4 Å². The van der Waals surface area contributed by atoms with E-state index in [0.29, 0.717) is 0 Å². The van der Waals surface area contributed by atoms with Gasteiger partial charge in [0, 0.05) is 18.9 Å². The molecule has 7 heteroatoms. The van der Waals surface area contributed by atoms with E-state index in [1.165, 1.54) is 12.4 Å². The maximum Gasteiger partial charge on any atom is 0.302 e. The van der Waals surface area contributed by atoms with Gasteiger partial charge in [-0.1, -0.05) is 30.3 Å². The summed E-state index contributed by atoms with van der Waals surface area (Å²) < 4.78 is 1.13. The van der Waals surface area contributed by atoms with E-state index in [0.717, 1.165) is 9.96 Å². The quantitative estimate of drug-likeness (QED) is 0.657. The Labute approximate surface area is 118 Å². The monoisotopic (exact) mass is 284 g/mol. The predicted molar refractivity (Wildman–Crippen MR) is 75.1 cm³/mol. The van der Waals surface area contributed by atoms with Gasteiger partial charge in [-0.15, -0.1) is 0 Å². The standard InChI is InChI=1S/C14H12N4O3/c19-11-10(17-14-15-6-7-18(14)13(11)21)12(20)16-8-9-4-2-1-3-5-9/h1-7,19H,8H2,(H,15,17)(H,16,20). The molecule has 0 saturated heterocycles. The number of hydrogen-bond donors (Lipinski definition) is 3. The van der Waals surface area contributed by atoms with Crippen LogP contribution in [0.5, 0.6) is 5.75 Å². The SMILES string of the molecule is O=C(NCc1ccccc1)c1nc2[nH]ccn2c(=O)c1O. The minimum Gasteiger partial charge on any atom is -0.501 e. The van der Waals surface area contributed by atoms with Gasteiger partial charge in [0.15, 0.2) is 5.69 Å². The molecule has 1 amide bonds. The summed E-state index contributed by atoms with van der Waals surface area (Å²) in [6.07, 6.45) is 2.92. The third-order valence-corrected chi connectivity index (χ3v) is 3.04. The van der Waals surface area contributed by atoms with Gasteiger partial charge in [0.05, 0.1) is 0 Å². The first-order valence-corrected chi connectivity index (χ1v) is 6.27. The Morgan fingerprint density at radius 1 is 1.33 bits per heavy atom. The lowest BCUT2D eigenvalue weighted by Crippen LogP contribution is -2.27. The zero-order valence-corrected chi connectivity index (χ0v) is 10.9. The van der Waals surface area contributed by atoms with Crippen LogP contribution in [0.2, 0.25) is 0 Å². The van der Waals surface area contributed by atoms with Crippen LogP contribution in [0, 0.1) is 0 Å². The summed E-state index contributed by atoms with van der Waals surface area (Å²) in [5, 5.41) is 12.4. The van der Waals surface area contributed by atoms with E-state index < -0.39 is 17.2 Å². The highest BCUT2D eigenvalue weighted by Crippen LogP contribution is 2.10. The molecule has 106 valence electrons. The fourth-order valence-corrected chi connectivity index (χ4v) is 1.97. The van der Waals surface area contributed by atoms with Crippen molar-refractivity contribution < 1.29 is 9.90 Å². The summed E-state index contributed by atoms with van der Waals surface area (Å²) in [7, 11) is 0. The van der Waals surface area contributed by atoms with Crippen molar-refractivity contribution in [2.75, 3.05) is 0 Å². The number of H-pyrrole nitrogens is 1. The molecular weight excluding hydrogens is 272 g/mol. The molecule has 0 saturated carbocycles. The first-order valence-electron chi connectivity index (χ1n) is 6.27. The molecule has 0 spiro atoms. The van der Waals surface area contributed by atoms with Crippen molar-refractivity contribution >= 4 is 11.7 Å². The number of nitrogens with zero attached hydrogens (tertiary/aromatic N) is 2. The summed E-state index contributed by atoms with van der Waals surface area (Å²) in [6, 6.07) is 9.30. The average molecular weight is 284 g/mol. The fraction of sp³-hybridized carbons (Fsp3) is 0.0714. The first-order chi connectivity index (χ1) is 10.2. The van der Waals surface area contributed by atoms with Gasteiger partial charge >= 0.3 is 5.56 Å². The number of fused-ring (bicyclic) bond motifs is 1. The molecule has 0 fully saturated rings. The molecule has 1 aromatic carbocycles. The number of benzene rings is 1. The average Bonchev–Trinajstić information content (AvgIpc) is 2.98. The zero-order chi connectivity index (χ0) is 14.8. The summed E-state index contributed by atoms with van der Waals surface area (Å²) in [5.74, 6) is -1.08. The van der Waals surface area contributed by atoms with Crippen LogP contribution in [0.1, 0.15) is 16.1 Å². The van der Waals surface area contributed by atoms with Crippen molar-refractivity contribution in [2.45, 2.75) is 6.54 Å². The van der Waals surface area contributed by atoms with E-state index >= 15 is 0 Å². The van der Waals surface area contributed by atoms with Crippen LogP contribution < -0.4 is 10.9 Å². The second kappa shape index (κ2) is 5.12. The van der Waals surface area contributed by atoms with Crippen molar-refractivity contribution in [3.05, 3.63) is 64.3 Å². The molecule has 2 heterocycles. The second-order valence-corrected chi connectivity index (χ2v) is 4.44. The van der Waals surface area contributed by atoms with Crippen molar-refractivity contribution in [3.8, 4) is 5.75 Å². The smallest absolute Gasteiger partial charge is 0.302 e. The molecule has 3 N–H and O–H groups in total. The molecule has 0 radical (unpaired) electrons. The predicted octanol–water partition coefficient (Wildman–Crippen LogP) is 0.658. The number of aromatic hydroxyl groups is 1. The number of hydrogen-bond acceptors (Lipinski definition) is 4. The highest BCUT2D eigenvalue weighted by atomic mass is 16.3. The minimum absolute atomic E-state index is 0.197. The van der Waals surface area contributed by atoms with Crippen LogP contribution >= 0.6 is 0 Å². The molecule has 3 rings (SSSR count). The van der Waals surface area contributed by atoms with Crippen molar-refractivity contribution in [3.63, 3.8) is 0 Å². The molecule has 0 unspecified atom stereocenters. The van der Waals surface area contributed by atoms with E-state index in [4.69, 9.17) is 0 Å². The maximum atomic E-state index is 12.1. The van der Waals surface area contributed by atoms with E-state index in [1.807, 2.05) is 30.3 Å². The Kier molecular flexibility index (Phi) is 3.15. The number of rotatable bonds is 3. The zero-order valence-electron chi connectivity index (χ0n) is 10.9. The highest BCUT2D eigenvalue weighted by Gasteiger charge is 2.18. The minimum atomic E-state index is -0.689. The van der Waals surface area contributed by atoms with E-state index in [-0.39, 0.29) is 18.0 Å². The van der Waals surface area contributed by atoms with E-state index in [1.54, 1.807) is 0 Å². The number of carbonyl (C=O) groups excluding carboxylic acids is 1. The van der Waals surface area contributed by atoms with Gasteiger partial charge in [-0.3, -0.25) is 9.59 Å².